The molecule has 0 aliphatic rings. The SMILES string of the molecule is Cc1c(-c2cccs2)nc2ccccc2c1C(=O)[O-]. The molecule has 2 heterocycles. The van der Waals surface area contributed by atoms with Crippen LogP contribution in [-0.2, 0) is 0 Å². The summed E-state index contributed by atoms with van der Waals surface area (Å²) in [5.74, 6) is -1.16. The van der Waals surface area contributed by atoms with Crippen molar-refractivity contribution < 1.29 is 9.90 Å². The quantitative estimate of drug-likeness (QED) is 0.718. The van der Waals surface area contributed by atoms with E-state index in [4.69, 9.17) is 0 Å². The summed E-state index contributed by atoms with van der Waals surface area (Å²) in [6.07, 6.45) is 0. The van der Waals surface area contributed by atoms with E-state index in [-0.39, 0.29) is 5.56 Å². The van der Waals surface area contributed by atoms with Gasteiger partial charge in [-0.1, -0.05) is 24.3 Å². The Morgan fingerprint density at radius 1 is 1.21 bits per heavy atom. The Kier molecular flexibility index (Phi) is 2.80. The number of carbonyl (C=O) groups excluding carboxylic acids is 1. The zero-order valence-corrected chi connectivity index (χ0v) is 11.0. The van der Waals surface area contributed by atoms with Crippen LogP contribution in [-0.4, -0.2) is 11.0 Å². The smallest absolute Gasteiger partial charge is 0.0845 e. The van der Waals surface area contributed by atoms with Gasteiger partial charge in [-0.2, -0.15) is 0 Å². The summed E-state index contributed by atoms with van der Waals surface area (Å²) in [5, 5.41) is 14.0. The third-order valence-electron chi connectivity index (χ3n) is 3.09. The van der Waals surface area contributed by atoms with Crippen molar-refractivity contribution in [3.05, 3.63) is 52.9 Å². The van der Waals surface area contributed by atoms with E-state index >= 15 is 0 Å². The number of pyridine rings is 1. The summed E-state index contributed by atoms with van der Waals surface area (Å²) >= 11 is 1.54. The molecule has 4 heteroatoms. The molecule has 0 radical (unpaired) electrons. The summed E-state index contributed by atoms with van der Waals surface area (Å²) in [5.41, 5.74) is 2.28. The second-order valence-electron chi connectivity index (χ2n) is 4.24. The van der Waals surface area contributed by atoms with Crippen molar-refractivity contribution in [1.82, 2.24) is 4.98 Å². The number of thiophene rings is 1. The van der Waals surface area contributed by atoms with Crippen molar-refractivity contribution in [1.29, 1.82) is 0 Å². The van der Waals surface area contributed by atoms with Gasteiger partial charge in [0.05, 0.1) is 22.1 Å². The van der Waals surface area contributed by atoms with Crippen molar-refractivity contribution in [3.63, 3.8) is 0 Å². The van der Waals surface area contributed by atoms with E-state index in [1.165, 1.54) is 0 Å². The zero-order chi connectivity index (χ0) is 13.4. The fourth-order valence-electron chi connectivity index (χ4n) is 2.22. The van der Waals surface area contributed by atoms with Gasteiger partial charge in [-0.25, -0.2) is 4.98 Å². The number of carboxylic acids is 1. The summed E-state index contributed by atoms with van der Waals surface area (Å²) in [7, 11) is 0. The standard InChI is InChI=1S/C15H11NO2S/c1-9-13(15(17)18)10-5-2-3-6-11(10)16-14(9)12-7-4-8-19-12/h2-8H,1H3,(H,17,18)/p-1. The number of rotatable bonds is 2. The average molecular weight is 268 g/mol. The summed E-state index contributed by atoms with van der Waals surface area (Å²) < 4.78 is 0. The molecule has 3 nitrogen and oxygen atoms in total. The number of aromatic nitrogens is 1. The van der Waals surface area contributed by atoms with Crippen LogP contribution in [0.3, 0.4) is 0 Å². The highest BCUT2D eigenvalue weighted by Crippen LogP contribution is 2.31. The van der Waals surface area contributed by atoms with Gasteiger partial charge in [0, 0.05) is 10.9 Å². The monoisotopic (exact) mass is 268 g/mol. The van der Waals surface area contributed by atoms with Gasteiger partial charge < -0.3 is 9.90 Å². The van der Waals surface area contributed by atoms with Crippen LogP contribution in [0.25, 0.3) is 21.5 Å². The molecule has 0 bridgehead atoms. The van der Waals surface area contributed by atoms with Crippen LogP contribution < -0.4 is 5.11 Å². The predicted octanol–water partition coefficient (Wildman–Crippen LogP) is 2.64. The molecular weight excluding hydrogens is 258 g/mol. The minimum atomic E-state index is -1.16. The number of carboxylic acid groups (broad SMARTS) is 1. The molecule has 0 fully saturated rings. The van der Waals surface area contributed by atoms with Gasteiger partial charge in [-0.15, -0.1) is 11.3 Å². The van der Waals surface area contributed by atoms with Gasteiger partial charge in [-0.3, -0.25) is 0 Å². The number of hydrogen-bond donors (Lipinski definition) is 0. The normalized spacial score (nSPS) is 10.8. The van der Waals surface area contributed by atoms with Gasteiger partial charge in [0.2, 0.25) is 0 Å². The Hall–Kier alpha value is -2.20. The molecule has 0 saturated carbocycles. The van der Waals surface area contributed by atoms with E-state index in [2.05, 4.69) is 4.98 Å². The Labute approximate surface area is 114 Å². The molecule has 0 aliphatic heterocycles. The molecule has 3 rings (SSSR count). The summed E-state index contributed by atoms with van der Waals surface area (Å²) in [4.78, 5) is 17.0. The van der Waals surface area contributed by atoms with E-state index in [0.29, 0.717) is 22.2 Å². The van der Waals surface area contributed by atoms with Gasteiger partial charge in [0.15, 0.2) is 0 Å². The first-order chi connectivity index (χ1) is 9.18. The first-order valence-corrected chi connectivity index (χ1v) is 6.71. The molecule has 3 aromatic rings. The van der Waals surface area contributed by atoms with E-state index in [0.717, 1.165) is 4.88 Å². The van der Waals surface area contributed by atoms with Crippen LogP contribution in [0.2, 0.25) is 0 Å². The molecule has 0 unspecified atom stereocenters. The number of fused-ring (bicyclic) bond motifs is 1. The molecule has 0 atom stereocenters. The molecular formula is C15H10NO2S-. The maximum absolute atomic E-state index is 11.4. The maximum Gasteiger partial charge on any atom is 0.0845 e. The fourth-order valence-corrected chi connectivity index (χ4v) is 2.99. The Bertz CT molecular complexity index is 763. The van der Waals surface area contributed by atoms with E-state index in [1.54, 1.807) is 30.4 Å². The highest BCUT2D eigenvalue weighted by atomic mass is 32.1. The number of benzene rings is 1. The van der Waals surface area contributed by atoms with Crippen molar-refractivity contribution in [2.75, 3.05) is 0 Å². The molecule has 0 aliphatic carbocycles. The molecule has 2 aromatic heterocycles. The molecule has 0 N–H and O–H groups in total. The number of para-hydroxylation sites is 1. The van der Waals surface area contributed by atoms with Crippen molar-refractivity contribution in [3.8, 4) is 10.6 Å². The van der Waals surface area contributed by atoms with Gasteiger partial charge >= 0.3 is 0 Å². The van der Waals surface area contributed by atoms with Crippen molar-refractivity contribution in [2.24, 2.45) is 0 Å². The van der Waals surface area contributed by atoms with Gasteiger partial charge in [-0.05, 0) is 30.0 Å². The van der Waals surface area contributed by atoms with E-state index < -0.39 is 5.97 Å². The first-order valence-electron chi connectivity index (χ1n) is 5.83. The second-order valence-corrected chi connectivity index (χ2v) is 5.19. The molecule has 0 spiro atoms. The molecule has 19 heavy (non-hydrogen) atoms. The van der Waals surface area contributed by atoms with Crippen molar-refractivity contribution >= 4 is 28.2 Å². The maximum atomic E-state index is 11.4. The lowest BCUT2D eigenvalue weighted by Crippen LogP contribution is -2.24. The Morgan fingerprint density at radius 2 is 2.00 bits per heavy atom. The summed E-state index contributed by atoms with van der Waals surface area (Å²) in [6.45, 7) is 1.78. The third-order valence-corrected chi connectivity index (χ3v) is 3.97. The van der Waals surface area contributed by atoms with E-state index in [9.17, 15) is 9.90 Å². The lowest BCUT2D eigenvalue weighted by atomic mass is 10.0. The number of aromatic carboxylic acids is 1. The largest absolute Gasteiger partial charge is 0.545 e. The van der Waals surface area contributed by atoms with Crippen LogP contribution in [0.5, 0.6) is 0 Å². The van der Waals surface area contributed by atoms with Crippen LogP contribution in [0.4, 0.5) is 0 Å². The summed E-state index contributed by atoms with van der Waals surface area (Å²) in [6, 6.07) is 11.1. The second kappa shape index (κ2) is 4.48. The first kappa shape index (κ1) is 11.9. The topological polar surface area (TPSA) is 53.0 Å². The van der Waals surface area contributed by atoms with Crippen LogP contribution in [0.1, 0.15) is 15.9 Å². The van der Waals surface area contributed by atoms with Crippen LogP contribution >= 0.6 is 11.3 Å². The lowest BCUT2D eigenvalue weighted by Gasteiger charge is -2.14. The van der Waals surface area contributed by atoms with Gasteiger partial charge in [0.1, 0.15) is 0 Å². The van der Waals surface area contributed by atoms with Crippen LogP contribution in [0, 0.1) is 6.92 Å². The molecule has 1 aromatic carbocycles. The van der Waals surface area contributed by atoms with Crippen molar-refractivity contribution in [2.45, 2.75) is 6.92 Å². The molecule has 0 saturated heterocycles. The lowest BCUT2D eigenvalue weighted by molar-refractivity contribution is -0.254. The predicted molar refractivity (Wildman–Crippen MR) is 74.1 cm³/mol. The number of nitrogens with zero attached hydrogens (tertiary/aromatic N) is 1. The number of carbonyl (C=O) groups is 1. The zero-order valence-electron chi connectivity index (χ0n) is 10.2. The highest BCUT2D eigenvalue weighted by molar-refractivity contribution is 7.13. The number of hydrogen-bond acceptors (Lipinski definition) is 4. The third kappa shape index (κ3) is 1.90. The highest BCUT2D eigenvalue weighted by Gasteiger charge is 2.14. The molecule has 0 amide bonds. The van der Waals surface area contributed by atoms with E-state index in [1.807, 2.05) is 29.6 Å². The fraction of sp³-hybridized carbons (Fsp3) is 0.0667. The minimum Gasteiger partial charge on any atom is -0.545 e. The molecule has 94 valence electrons. The van der Waals surface area contributed by atoms with Gasteiger partial charge in [0.25, 0.3) is 0 Å². The minimum absolute atomic E-state index is 0.231. The Balaban J connectivity index is 2.42. The van der Waals surface area contributed by atoms with Crippen LogP contribution in [0.15, 0.2) is 41.8 Å². The average Bonchev–Trinajstić information content (AvgIpc) is 2.91. The Morgan fingerprint density at radius 3 is 2.68 bits per heavy atom.